The first kappa shape index (κ1) is 24.2. The van der Waals surface area contributed by atoms with E-state index in [0.29, 0.717) is 11.4 Å². The van der Waals surface area contributed by atoms with E-state index < -0.39 is 29.7 Å². The van der Waals surface area contributed by atoms with Crippen LogP contribution in [0.3, 0.4) is 0 Å². The molecule has 0 saturated carbocycles. The van der Waals surface area contributed by atoms with Crippen molar-refractivity contribution in [3.63, 3.8) is 0 Å². The van der Waals surface area contributed by atoms with E-state index in [-0.39, 0.29) is 16.7 Å². The summed E-state index contributed by atoms with van der Waals surface area (Å²) >= 11 is 1.20. The minimum Gasteiger partial charge on any atom is -0.326 e. The second-order valence-electron chi connectivity index (χ2n) is 7.30. The third kappa shape index (κ3) is 6.51. The molecule has 1 aromatic heterocycles. The van der Waals surface area contributed by atoms with Crippen molar-refractivity contribution >= 4 is 34.1 Å². The van der Waals surface area contributed by atoms with Gasteiger partial charge in [0.1, 0.15) is 11.0 Å². The van der Waals surface area contributed by atoms with Crippen LogP contribution in [0.15, 0.2) is 54.6 Å². The lowest BCUT2D eigenvalue weighted by Gasteiger charge is -2.23. The summed E-state index contributed by atoms with van der Waals surface area (Å²) in [6, 6.07) is 11.8. The van der Waals surface area contributed by atoms with E-state index in [0.717, 1.165) is 29.8 Å². The Hall–Kier alpha value is -3.47. The summed E-state index contributed by atoms with van der Waals surface area (Å²) in [5.41, 5.74) is 0.209. The Morgan fingerprint density at radius 1 is 1.00 bits per heavy atom. The summed E-state index contributed by atoms with van der Waals surface area (Å²) in [5.74, 6) is -0.687. The molecule has 0 unspecified atom stereocenters. The summed E-state index contributed by atoms with van der Waals surface area (Å²) < 4.78 is 38.1. The van der Waals surface area contributed by atoms with Crippen molar-refractivity contribution in [3.05, 3.63) is 60.2 Å². The standard InChI is InChI=1S/C22H22F3N5O2S/c1-3-13(2)17(27-20(32)26-16-11-9-15(10-12-16)22(23,24)25)18(31)28-21-30-29-19(33-21)14-7-5-4-6-8-14/h4-13,17H,3H2,1-2H3,(H2,26,27,32)(H,28,30,31)/t13-,17+/m0/s1. The molecular formula is C22H22F3N5O2S. The topological polar surface area (TPSA) is 96.0 Å². The highest BCUT2D eigenvalue weighted by molar-refractivity contribution is 7.18. The van der Waals surface area contributed by atoms with Crippen LogP contribution in [0.1, 0.15) is 25.8 Å². The number of carbonyl (C=O) groups is 2. The fourth-order valence-corrected chi connectivity index (χ4v) is 3.66. The number of urea groups is 1. The van der Waals surface area contributed by atoms with Gasteiger partial charge >= 0.3 is 12.2 Å². The number of benzene rings is 2. The summed E-state index contributed by atoms with van der Waals surface area (Å²) in [5, 5.41) is 16.7. The zero-order valence-electron chi connectivity index (χ0n) is 17.8. The maximum Gasteiger partial charge on any atom is 0.416 e. The summed E-state index contributed by atoms with van der Waals surface area (Å²) in [6.45, 7) is 3.68. The molecule has 2 atom stereocenters. The second kappa shape index (κ2) is 10.4. The molecule has 3 aromatic rings. The number of aromatic nitrogens is 2. The molecule has 0 aliphatic carbocycles. The molecular weight excluding hydrogens is 455 g/mol. The first-order valence-corrected chi connectivity index (χ1v) is 10.9. The Labute approximate surface area is 192 Å². The minimum atomic E-state index is -4.47. The molecule has 2 aromatic carbocycles. The smallest absolute Gasteiger partial charge is 0.326 e. The van der Waals surface area contributed by atoms with Crippen LogP contribution in [0.5, 0.6) is 0 Å². The number of hydrogen-bond acceptors (Lipinski definition) is 5. The highest BCUT2D eigenvalue weighted by Crippen LogP contribution is 2.30. The Bertz CT molecular complexity index is 1090. The average molecular weight is 478 g/mol. The van der Waals surface area contributed by atoms with Crippen LogP contribution < -0.4 is 16.0 Å². The van der Waals surface area contributed by atoms with Crippen molar-refractivity contribution in [3.8, 4) is 10.6 Å². The maximum atomic E-state index is 12.9. The van der Waals surface area contributed by atoms with Gasteiger partial charge in [-0.1, -0.05) is 61.9 Å². The van der Waals surface area contributed by atoms with E-state index in [1.807, 2.05) is 37.3 Å². The van der Waals surface area contributed by atoms with E-state index >= 15 is 0 Å². The van der Waals surface area contributed by atoms with Crippen molar-refractivity contribution in [1.82, 2.24) is 15.5 Å². The lowest BCUT2D eigenvalue weighted by atomic mass is 9.98. The molecule has 3 amide bonds. The van der Waals surface area contributed by atoms with E-state index in [2.05, 4.69) is 26.1 Å². The number of nitrogens with one attached hydrogen (secondary N) is 3. The molecule has 3 rings (SSSR count). The third-order valence-corrected chi connectivity index (χ3v) is 5.82. The molecule has 1 heterocycles. The zero-order valence-corrected chi connectivity index (χ0v) is 18.6. The molecule has 0 bridgehead atoms. The van der Waals surface area contributed by atoms with Gasteiger partial charge in [0.2, 0.25) is 11.0 Å². The Balaban J connectivity index is 1.65. The number of halogens is 3. The largest absolute Gasteiger partial charge is 0.416 e. The summed E-state index contributed by atoms with van der Waals surface area (Å²) in [7, 11) is 0. The minimum absolute atomic E-state index is 0.167. The van der Waals surface area contributed by atoms with Gasteiger partial charge in [-0.05, 0) is 30.2 Å². The SMILES string of the molecule is CC[C@H](C)[C@@H](NC(=O)Nc1ccc(C(F)(F)F)cc1)C(=O)Nc1nnc(-c2ccccc2)s1. The summed E-state index contributed by atoms with van der Waals surface area (Å²) in [4.78, 5) is 25.3. The van der Waals surface area contributed by atoms with Gasteiger partial charge in [0.15, 0.2) is 0 Å². The van der Waals surface area contributed by atoms with E-state index in [1.54, 1.807) is 6.92 Å². The molecule has 33 heavy (non-hydrogen) atoms. The Morgan fingerprint density at radius 3 is 2.27 bits per heavy atom. The third-order valence-electron chi connectivity index (χ3n) is 4.93. The number of carbonyl (C=O) groups excluding carboxylic acids is 2. The highest BCUT2D eigenvalue weighted by atomic mass is 32.1. The van der Waals surface area contributed by atoms with Crippen LogP contribution in [0, 0.1) is 5.92 Å². The predicted molar refractivity (Wildman–Crippen MR) is 121 cm³/mol. The number of amides is 3. The molecule has 3 N–H and O–H groups in total. The van der Waals surface area contributed by atoms with Crippen molar-refractivity contribution in [2.75, 3.05) is 10.6 Å². The van der Waals surface area contributed by atoms with Crippen molar-refractivity contribution in [2.45, 2.75) is 32.5 Å². The van der Waals surface area contributed by atoms with E-state index in [9.17, 15) is 22.8 Å². The maximum absolute atomic E-state index is 12.9. The molecule has 0 aliphatic rings. The Kier molecular flexibility index (Phi) is 7.64. The lowest BCUT2D eigenvalue weighted by Crippen LogP contribution is -2.49. The molecule has 0 radical (unpaired) electrons. The van der Waals surface area contributed by atoms with Crippen LogP contribution in [0.4, 0.5) is 28.8 Å². The number of hydrogen-bond donors (Lipinski definition) is 3. The number of nitrogens with zero attached hydrogens (tertiary/aromatic N) is 2. The number of alkyl halides is 3. The molecule has 0 spiro atoms. The van der Waals surface area contributed by atoms with Crippen LogP contribution in [-0.2, 0) is 11.0 Å². The van der Waals surface area contributed by atoms with Crippen molar-refractivity contribution in [1.29, 1.82) is 0 Å². The Morgan fingerprint density at radius 2 is 1.67 bits per heavy atom. The zero-order chi connectivity index (χ0) is 24.0. The van der Waals surface area contributed by atoms with Gasteiger partial charge in [-0.25, -0.2) is 4.79 Å². The van der Waals surface area contributed by atoms with Gasteiger partial charge in [0.05, 0.1) is 5.56 Å². The highest BCUT2D eigenvalue weighted by Gasteiger charge is 2.30. The van der Waals surface area contributed by atoms with Crippen LogP contribution >= 0.6 is 11.3 Å². The van der Waals surface area contributed by atoms with Crippen LogP contribution in [-0.4, -0.2) is 28.2 Å². The van der Waals surface area contributed by atoms with Gasteiger partial charge in [0, 0.05) is 11.3 Å². The predicted octanol–water partition coefficient (Wildman–Crippen LogP) is 5.40. The molecule has 174 valence electrons. The molecule has 11 heteroatoms. The lowest BCUT2D eigenvalue weighted by molar-refractivity contribution is -0.137. The summed E-state index contributed by atoms with van der Waals surface area (Å²) in [6.07, 6.45) is -3.87. The van der Waals surface area contributed by atoms with Gasteiger partial charge in [-0.15, -0.1) is 10.2 Å². The van der Waals surface area contributed by atoms with Gasteiger partial charge < -0.3 is 10.6 Å². The molecule has 0 saturated heterocycles. The van der Waals surface area contributed by atoms with Crippen LogP contribution in [0.2, 0.25) is 0 Å². The fourth-order valence-electron chi connectivity index (χ4n) is 2.91. The van der Waals surface area contributed by atoms with E-state index in [4.69, 9.17) is 0 Å². The molecule has 7 nitrogen and oxygen atoms in total. The number of anilines is 2. The molecule has 0 fully saturated rings. The van der Waals surface area contributed by atoms with Crippen molar-refractivity contribution < 1.29 is 22.8 Å². The first-order valence-electron chi connectivity index (χ1n) is 10.1. The van der Waals surface area contributed by atoms with Gasteiger partial charge in [-0.2, -0.15) is 13.2 Å². The van der Waals surface area contributed by atoms with Crippen LogP contribution in [0.25, 0.3) is 10.6 Å². The van der Waals surface area contributed by atoms with Gasteiger partial charge in [0.25, 0.3) is 0 Å². The van der Waals surface area contributed by atoms with E-state index in [1.165, 1.54) is 11.3 Å². The monoisotopic (exact) mass is 477 g/mol. The fraction of sp³-hybridized carbons (Fsp3) is 0.273. The normalized spacial score (nSPS) is 13.1. The average Bonchev–Trinajstić information content (AvgIpc) is 3.25. The number of rotatable bonds is 7. The quantitative estimate of drug-likeness (QED) is 0.425. The van der Waals surface area contributed by atoms with Crippen molar-refractivity contribution in [2.24, 2.45) is 5.92 Å². The first-order chi connectivity index (χ1) is 15.7. The molecule has 0 aliphatic heterocycles. The second-order valence-corrected chi connectivity index (χ2v) is 8.28. The van der Waals surface area contributed by atoms with Gasteiger partial charge in [-0.3, -0.25) is 10.1 Å².